The highest BCUT2D eigenvalue weighted by atomic mass is 16.5. The molecule has 0 unspecified atom stereocenters. The molecule has 1 spiro atoms. The number of hydrogen-bond acceptors (Lipinski definition) is 2. The molecule has 0 atom stereocenters. The molecule has 4 nitrogen and oxygen atoms in total. The number of guanidine groups is 1. The van der Waals surface area contributed by atoms with Crippen LogP contribution >= 0.6 is 0 Å². The van der Waals surface area contributed by atoms with Crippen LogP contribution < -0.4 is 5.32 Å². The highest BCUT2D eigenvalue weighted by Gasteiger charge is 2.39. The first kappa shape index (κ1) is 17.3. The van der Waals surface area contributed by atoms with Crippen molar-refractivity contribution in [3.63, 3.8) is 0 Å². The first-order valence-corrected chi connectivity index (χ1v) is 9.27. The minimum absolute atomic E-state index is 0.567. The zero-order valence-corrected chi connectivity index (χ0v) is 15.2. The first-order chi connectivity index (χ1) is 11.7. The molecule has 132 valence electrons. The van der Waals surface area contributed by atoms with Crippen LogP contribution in [0, 0.1) is 5.41 Å². The Balaban J connectivity index is 1.53. The van der Waals surface area contributed by atoms with Gasteiger partial charge in [0.15, 0.2) is 5.96 Å². The lowest BCUT2D eigenvalue weighted by molar-refractivity contribution is 0.185. The molecule has 0 amide bonds. The summed E-state index contributed by atoms with van der Waals surface area (Å²) >= 11 is 0. The van der Waals surface area contributed by atoms with Crippen molar-refractivity contribution in [3.8, 4) is 0 Å². The number of aliphatic imine (C=N–C) groups is 1. The summed E-state index contributed by atoms with van der Waals surface area (Å²) in [4.78, 5) is 6.98. The maximum absolute atomic E-state index is 5.16. The van der Waals surface area contributed by atoms with Crippen LogP contribution in [0.3, 0.4) is 0 Å². The van der Waals surface area contributed by atoms with Crippen LogP contribution in [0.4, 0.5) is 0 Å². The molecule has 1 aliphatic heterocycles. The van der Waals surface area contributed by atoms with Gasteiger partial charge in [-0.3, -0.25) is 4.99 Å². The van der Waals surface area contributed by atoms with Crippen molar-refractivity contribution in [2.45, 2.75) is 51.7 Å². The summed E-state index contributed by atoms with van der Waals surface area (Å²) < 4.78 is 5.16. The van der Waals surface area contributed by atoms with Gasteiger partial charge in [-0.05, 0) is 35.8 Å². The third-order valence-electron chi connectivity index (χ3n) is 5.65. The zero-order chi connectivity index (χ0) is 16.8. The molecule has 1 aromatic carbocycles. The van der Waals surface area contributed by atoms with Gasteiger partial charge >= 0.3 is 0 Å². The Labute approximate surface area is 146 Å². The van der Waals surface area contributed by atoms with Crippen LogP contribution in [0.5, 0.6) is 0 Å². The van der Waals surface area contributed by atoms with Gasteiger partial charge in [0.05, 0.1) is 6.61 Å². The summed E-state index contributed by atoms with van der Waals surface area (Å²) in [5, 5.41) is 3.55. The predicted octanol–water partition coefficient (Wildman–Crippen LogP) is 3.56. The fourth-order valence-corrected chi connectivity index (χ4v) is 4.26. The molecule has 1 aliphatic carbocycles. The smallest absolute Gasteiger partial charge is 0.193 e. The van der Waals surface area contributed by atoms with E-state index in [-0.39, 0.29) is 0 Å². The molecular weight excluding hydrogens is 298 g/mol. The van der Waals surface area contributed by atoms with Crippen molar-refractivity contribution >= 4 is 5.96 Å². The second-order valence-electron chi connectivity index (χ2n) is 7.38. The van der Waals surface area contributed by atoms with Gasteiger partial charge in [0.2, 0.25) is 0 Å². The minimum Gasteiger partial charge on any atom is -0.380 e. The Hall–Kier alpha value is -1.55. The van der Waals surface area contributed by atoms with Crippen LogP contribution in [-0.4, -0.2) is 38.1 Å². The Morgan fingerprint density at radius 2 is 1.83 bits per heavy atom. The van der Waals surface area contributed by atoms with Crippen LogP contribution in [0.2, 0.25) is 0 Å². The van der Waals surface area contributed by atoms with Gasteiger partial charge in [0.1, 0.15) is 0 Å². The van der Waals surface area contributed by atoms with Gasteiger partial charge in [-0.1, -0.05) is 43.5 Å². The van der Waals surface area contributed by atoms with Crippen LogP contribution in [0.1, 0.15) is 49.7 Å². The second-order valence-corrected chi connectivity index (χ2v) is 7.38. The average molecular weight is 329 g/mol. The molecule has 2 fully saturated rings. The van der Waals surface area contributed by atoms with Crippen molar-refractivity contribution < 1.29 is 4.74 Å². The number of hydrogen-bond donors (Lipinski definition) is 1. The molecule has 1 heterocycles. The molecule has 3 rings (SSSR count). The van der Waals surface area contributed by atoms with Gasteiger partial charge in [-0.2, -0.15) is 0 Å². The maximum Gasteiger partial charge on any atom is 0.193 e. The predicted molar refractivity (Wildman–Crippen MR) is 99.1 cm³/mol. The summed E-state index contributed by atoms with van der Waals surface area (Å²) in [6.45, 7) is 3.82. The summed E-state index contributed by atoms with van der Waals surface area (Å²) in [5.41, 5.74) is 3.06. The normalized spacial score (nSPS) is 20.6. The van der Waals surface area contributed by atoms with E-state index in [2.05, 4.69) is 39.5 Å². The SMILES string of the molecule is CN=C(NCc1ccc(COC)cc1)N1CCC2(CCCCC2)C1. The minimum atomic E-state index is 0.567. The molecule has 0 aromatic heterocycles. The van der Waals surface area contributed by atoms with Crippen LogP contribution in [0.25, 0.3) is 0 Å². The van der Waals surface area contributed by atoms with Gasteiger partial charge in [-0.15, -0.1) is 0 Å². The summed E-state index contributed by atoms with van der Waals surface area (Å²) in [7, 11) is 3.63. The van der Waals surface area contributed by atoms with Crippen molar-refractivity contribution in [1.29, 1.82) is 0 Å². The number of likely N-dealkylation sites (tertiary alicyclic amines) is 1. The topological polar surface area (TPSA) is 36.9 Å². The lowest BCUT2D eigenvalue weighted by Gasteiger charge is -2.33. The standard InChI is InChI=1S/C20H31N3O/c1-21-19(22-14-17-6-8-18(9-7-17)15-24-2)23-13-12-20(16-23)10-4-3-5-11-20/h6-9H,3-5,10-16H2,1-2H3,(H,21,22). The Bertz CT molecular complexity index is 547. The molecular formula is C20H31N3O. The van der Waals surface area contributed by atoms with Crippen molar-refractivity contribution in [2.24, 2.45) is 10.4 Å². The number of nitrogens with zero attached hydrogens (tertiary/aromatic N) is 2. The number of methoxy groups -OCH3 is 1. The molecule has 1 saturated carbocycles. The van der Waals surface area contributed by atoms with Crippen molar-refractivity contribution in [2.75, 3.05) is 27.2 Å². The Morgan fingerprint density at radius 1 is 1.12 bits per heavy atom. The average Bonchev–Trinajstić information content (AvgIpc) is 3.01. The largest absolute Gasteiger partial charge is 0.380 e. The lowest BCUT2D eigenvalue weighted by atomic mass is 9.73. The number of rotatable bonds is 4. The van der Waals surface area contributed by atoms with Crippen molar-refractivity contribution in [3.05, 3.63) is 35.4 Å². The molecule has 4 heteroatoms. The van der Waals surface area contributed by atoms with E-state index >= 15 is 0 Å². The van der Waals surface area contributed by atoms with E-state index in [0.717, 1.165) is 19.0 Å². The summed E-state index contributed by atoms with van der Waals surface area (Å²) in [5.74, 6) is 1.05. The highest BCUT2D eigenvalue weighted by molar-refractivity contribution is 5.80. The van der Waals surface area contributed by atoms with E-state index in [1.807, 2.05) is 7.05 Å². The van der Waals surface area contributed by atoms with E-state index in [1.165, 1.54) is 56.2 Å². The maximum atomic E-state index is 5.16. The molecule has 0 bridgehead atoms. The number of ether oxygens (including phenoxy) is 1. The number of benzene rings is 1. The van der Waals surface area contributed by atoms with E-state index in [1.54, 1.807) is 7.11 Å². The molecule has 1 N–H and O–H groups in total. The van der Waals surface area contributed by atoms with Crippen LogP contribution in [0.15, 0.2) is 29.3 Å². The fraction of sp³-hybridized carbons (Fsp3) is 0.650. The zero-order valence-electron chi connectivity index (χ0n) is 15.2. The fourth-order valence-electron chi connectivity index (χ4n) is 4.26. The molecule has 2 aliphatic rings. The molecule has 1 aromatic rings. The highest BCUT2D eigenvalue weighted by Crippen LogP contribution is 2.43. The third-order valence-corrected chi connectivity index (χ3v) is 5.65. The van der Waals surface area contributed by atoms with Gasteiger partial charge in [0.25, 0.3) is 0 Å². The Kier molecular flexibility index (Phi) is 5.77. The van der Waals surface area contributed by atoms with Crippen LogP contribution in [-0.2, 0) is 17.9 Å². The van der Waals surface area contributed by atoms with Gasteiger partial charge in [-0.25, -0.2) is 0 Å². The monoisotopic (exact) mass is 329 g/mol. The Morgan fingerprint density at radius 3 is 2.50 bits per heavy atom. The number of nitrogens with one attached hydrogen (secondary N) is 1. The van der Waals surface area contributed by atoms with Crippen molar-refractivity contribution in [1.82, 2.24) is 10.2 Å². The van der Waals surface area contributed by atoms with E-state index in [0.29, 0.717) is 12.0 Å². The quantitative estimate of drug-likeness (QED) is 0.678. The van der Waals surface area contributed by atoms with E-state index in [4.69, 9.17) is 4.74 Å². The molecule has 1 saturated heterocycles. The summed E-state index contributed by atoms with van der Waals surface area (Å²) in [6, 6.07) is 8.61. The van der Waals surface area contributed by atoms with E-state index in [9.17, 15) is 0 Å². The molecule has 0 radical (unpaired) electrons. The first-order valence-electron chi connectivity index (χ1n) is 9.27. The third kappa shape index (κ3) is 4.10. The second kappa shape index (κ2) is 8.02. The lowest BCUT2D eigenvalue weighted by Crippen LogP contribution is -2.41. The molecule has 24 heavy (non-hydrogen) atoms. The van der Waals surface area contributed by atoms with E-state index < -0.39 is 0 Å². The summed E-state index contributed by atoms with van der Waals surface area (Å²) in [6.07, 6.45) is 8.39. The van der Waals surface area contributed by atoms with Gasteiger partial charge < -0.3 is 15.0 Å². The van der Waals surface area contributed by atoms with Gasteiger partial charge in [0, 0.05) is 33.8 Å².